The van der Waals surface area contributed by atoms with Crippen LogP contribution in [-0.4, -0.2) is 50.7 Å². The van der Waals surface area contributed by atoms with Crippen LogP contribution in [0.5, 0.6) is 11.5 Å². The summed E-state index contributed by atoms with van der Waals surface area (Å²) in [6, 6.07) is 14.3. The molecule has 8 heteroatoms. The minimum Gasteiger partial charge on any atom is -0.493 e. The molecule has 0 aliphatic carbocycles. The highest BCUT2D eigenvalue weighted by Gasteiger charge is 2.26. The number of hydrogen-bond acceptors (Lipinski definition) is 5. The van der Waals surface area contributed by atoms with Gasteiger partial charge in [0.05, 0.1) is 14.2 Å². The van der Waals surface area contributed by atoms with Crippen molar-refractivity contribution in [2.24, 2.45) is 5.92 Å². The maximum Gasteiger partial charge on any atom is 0.319 e. The second-order valence-corrected chi connectivity index (χ2v) is 7.79. The van der Waals surface area contributed by atoms with Crippen LogP contribution in [0, 0.1) is 5.92 Å². The molecule has 1 saturated heterocycles. The maximum absolute atomic E-state index is 12.8. The summed E-state index contributed by atoms with van der Waals surface area (Å²) >= 11 is 0. The van der Waals surface area contributed by atoms with E-state index in [1.165, 1.54) is 0 Å². The zero-order valence-electron chi connectivity index (χ0n) is 18.2. The van der Waals surface area contributed by atoms with E-state index in [0.717, 1.165) is 23.8 Å². The number of nitrogens with one attached hydrogen (secondary N) is 2. The van der Waals surface area contributed by atoms with E-state index >= 15 is 0 Å². The highest BCUT2D eigenvalue weighted by molar-refractivity contribution is 5.96. The lowest BCUT2D eigenvalue weighted by Crippen LogP contribution is -2.42. The number of ether oxygens (including phenoxy) is 2. The first-order valence-corrected chi connectivity index (χ1v) is 10.6. The minimum absolute atomic E-state index is 0.0844. The van der Waals surface area contributed by atoms with Crippen molar-refractivity contribution in [2.45, 2.75) is 12.8 Å². The van der Waals surface area contributed by atoms with Crippen LogP contribution >= 0.6 is 0 Å². The summed E-state index contributed by atoms with van der Waals surface area (Å²) in [5.41, 5.74) is 1.34. The SMILES string of the molecule is COc1ccc(NC(=O)NCC2CCN(C(=O)c3cc4ccccc4o3)CC2)cc1OC. The summed E-state index contributed by atoms with van der Waals surface area (Å²) < 4.78 is 16.2. The van der Waals surface area contributed by atoms with Crippen LogP contribution < -0.4 is 20.1 Å². The predicted molar refractivity (Wildman–Crippen MR) is 121 cm³/mol. The molecule has 0 unspecified atom stereocenters. The number of amides is 3. The molecule has 1 aliphatic heterocycles. The third-order valence-electron chi connectivity index (χ3n) is 5.73. The van der Waals surface area contributed by atoms with Gasteiger partial charge in [0.15, 0.2) is 17.3 Å². The van der Waals surface area contributed by atoms with Crippen molar-refractivity contribution >= 4 is 28.6 Å². The number of para-hydroxylation sites is 1. The van der Waals surface area contributed by atoms with Gasteiger partial charge in [0.1, 0.15) is 5.58 Å². The van der Waals surface area contributed by atoms with Crippen molar-refractivity contribution in [2.75, 3.05) is 39.2 Å². The summed E-state index contributed by atoms with van der Waals surface area (Å²) in [6.07, 6.45) is 1.64. The Labute approximate surface area is 186 Å². The number of benzene rings is 2. The van der Waals surface area contributed by atoms with Gasteiger partial charge in [-0.05, 0) is 43.0 Å². The largest absolute Gasteiger partial charge is 0.493 e. The van der Waals surface area contributed by atoms with Crippen LogP contribution in [0.15, 0.2) is 52.9 Å². The number of urea groups is 1. The van der Waals surface area contributed by atoms with E-state index in [9.17, 15) is 9.59 Å². The van der Waals surface area contributed by atoms with Gasteiger partial charge in [-0.25, -0.2) is 4.79 Å². The second-order valence-electron chi connectivity index (χ2n) is 7.79. The number of carbonyl (C=O) groups excluding carboxylic acids is 2. The van der Waals surface area contributed by atoms with Gasteiger partial charge in [-0.3, -0.25) is 4.79 Å². The van der Waals surface area contributed by atoms with E-state index in [4.69, 9.17) is 13.9 Å². The molecule has 2 heterocycles. The van der Waals surface area contributed by atoms with Crippen LogP contribution in [0.25, 0.3) is 11.0 Å². The lowest BCUT2D eigenvalue weighted by molar-refractivity contribution is 0.0661. The summed E-state index contributed by atoms with van der Waals surface area (Å²) in [4.78, 5) is 26.9. The molecule has 1 aromatic heterocycles. The molecule has 1 fully saturated rings. The van der Waals surface area contributed by atoms with Crippen molar-refractivity contribution in [3.8, 4) is 11.5 Å². The summed E-state index contributed by atoms with van der Waals surface area (Å²) in [5.74, 6) is 1.75. The van der Waals surface area contributed by atoms with E-state index in [-0.39, 0.29) is 11.9 Å². The van der Waals surface area contributed by atoms with E-state index in [1.807, 2.05) is 29.2 Å². The third-order valence-corrected chi connectivity index (χ3v) is 5.73. The number of furan rings is 1. The molecule has 4 rings (SSSR count). The Morgan fingerprint density at radius 1 is 1.03 bits per heavy atom. The normalized spacial score (nSPS) is 14.2. The Kier molecular flexibility index (Phi) is 6.49. The first-order valence-electron chi connectivity index (χ1n) is 10.6. The van der Waals surface area contributed by atoms with Crippen molar-refractivity contribution in [1.82, 2.24) is 10.2 Å². The molecule has 0 spiro atoms. The van der Waals surface area contributed by atoms with Crippen LogP contribution in [0.3, 0.4) is 0 Å². The fourth-order valence-electron chi connectivity index (χ4n) is 3.91. The van der Waals surface area contributed by atoms with Crippen LogP contribution in [0.1, 0.15) is 23.4 Å². The average Bonchev–Trinajstić information content (AvgIpc) is 3.27. The summed E-state index contributed by atoms with van der Waals surface area (Å²) in [5, 5.41) is 6.65. The number of carbonyl (C=O) groups is 2. The van der Waals surface area contributed by atoms with Crippen molar-refractivity contribution in [1.29, 1.82) is 0 Å². The fraction of sp³-hybridized carbons (Fsp3) is 0.333. The smallest absolute Gasteiger partial charge is 0.319 e. The Bertz CT molecular complexity index is 1070. The van der Waals surface area contributed by atoms with Crippen molar-refractivity contribution in [3.63, 3.8) is 0 Å². The zero-order chi connectivity index (χ0) is 22.5. The van der Waals surface area contributed by atoms with E-state index in [1.54, 1.807) is 38.5 Å². The Morgan fingerprint density at radius 3 is 2.50 bits per heavy atom. The average molecular weight is 437 g/mol. The Morgan fingerprint density at radius 2 is 1.78 bits per heavy atom. The van der Waals surface area contributed by atoms with Crippen LogP contribution in [-0.2, 0) is 0 Å². The highest BCUT2D eigenvalue weighted by atomic mass is 16.5. The maximum atomic E-state index is 12.8. The first kappa shape index (κ1) is 21.5. The van der Waals surface area contributed by atoms with Gasteiger partial charge in [0.2, 0.25) is 0 Å². The van der Waals surface area contributed by atoms with Gasteiger partial charge >= 0.3 is 6.03 Å². The van der Waals surface area contributed by atoms with Gasteiger partial charge in [0.25, 0.3) is 5.91 Å². The monoisotopic (exact) mass is 437 g/mol. The van der Waals surface area contributed by atoms with Crippen LogP contribution in [0.4, 0.5) is 10.5 Å². The second kappa shape index (κ2) is 9.64. The number of methoxy groups -OCH3 is 2. The number of fused-ring (bicyclic) bond motifs is 1. The molecule has 3 amide bonds. The molecular weight excluding hydrogens is 410 g/mol. The topological polar surface area (TPSA) is 93.0 Å². The molecule has 2 aromatic carbocycles. The zero-order valence-corrected chi connectivity index (χ0v) is 18.2. The molecule has 32 heavy (non-hydrogen) atoms. The molecule has 0 radical (unpaired) electrons. The number of rotatable bonds is 6. The molecule has 0 atom stereocenters. The number of piperidine rings is 1. The fourth-order valence-corrected chi connectivity index (χ4v) is 3.91. The molecule has 0 bridgehead atoms. The number of nitrogens with zero attached hydrogens (tertiary/aromatic N) is 1. The van der Waals surface area contributed by atoms with Gasteiger partial charge in [0, 0.05) is 36.8 Å². The van der Waals surface area contributed by atoms with Gasteiger partial charge < -0.3 is 29.4 Å². The molecule has 0 saturated carbocycles. The third kappa shape index (κ3) is 4.80. The molecule has 1 aliphatic rings. The van der Waals surface area contributed by atoms with Crippen molar-refractivity contribution in [3.05, 3.63) is 54.3 Å². The standard InChI is InChI=1S/C24H27N3O5/c1-30-20-8-7-18(14-21(20)31-2)26-24(29)25-15-16-9-11-27(12-10-16)23(28)22-13-17-5-3-4-6-19(17)32-22/h3-8,13-14,16H,9-12,15H2,1-2H3,(H2,25,26,29). The number of anilines is 1. The lowest BCUT2D eigenvalue weighted by atomic mass is 9.96. The molecule has 8 nitrogen and oxygen atoms in total. The van der Waals surface area contributed by atoms with Crippen molar-refractivity contribution < 1.29 is 23.5 Å². The lowest BCUT2D eigenvalue weighted by Gasteiger charge is -2.31. The molecule has 3 aromatic rings. The van der Waals surface area contributed by atoms with Gasteiger partial charge in [-0.2, -0.15) is 0 Å². The van der Waals surface area contributed by atoms with Gasteiger partial charge in [-0.1, -0.05) is 18.2 Å². The predicted octanol–water partition coefficient (Wildman–Crippen LogP) is 4.12. The first-order chi connectivity index (χ1) is 15.6. The molecule has 2 N–H and O–H groups in total. The number of likely N-dealkylation sites (tertiary alicyclic amines) is 1. The Balaban J connectivity index is 1.24. The van der Waals surface area contributed by atoms with E-state index < -0.39 is 0 Å². The van der Waals surface area contributed by atoms with E-state index in [2.05, 4.69) is 10.6 Å². The highest BCUT2D eigenvalue weighted by Crippen LogP contribution is 2.29. The van der Waals surface area contributed by atoms with E-state index in [0.29, 0.717) is 48.5 Å². The summed E-state index contributed by atoms with van der Waals surface area (Å²) in [7, 11) is 3.11. The quantitative estimate of drug-likeness (QED) is 0.605. The summed E-state index contributed by atoms with van der Waals surface area (Å²) in [6.45, 7) is 1.82. The molecule has 168 valence electrons. The van der Waals surface area contributed by atoms with Crippen LogP contribution in [0.2, 0.25) is 0 Å². The molecular formula is C24H27N3O5. The minimum atomic E-state index is -0.280. The number of hydrogen-bond donors (Lipinski definition) is 2. The Hall–Kier alpha value is -3.68. The van der Waals surface area contributed by atoms with Gasteiger partial charge in [-0.15, -0.1) is 0 Å².